The van der Waals surface area contributed by atoms with E-state index in [9.17, 15) is 8.42 Å². The lowest BCUT2D eigenvalue weighted by atomic mass is 10.3. The van der Waals surface area contributed by atoms with E-state index in [1.165, 1.54) is 24.3 Å². The van der Waals surface area contributed by atoms with Crippen LogP contribution in [0.15, 0.2) is 105 Å². The summed E-state index contributed by atoms with van der Waals surface area (Å²) in [6.07, 6.45) is 1.57. The SMILES string of the molecule is O=S(=O)(NCc1ccc(C=Nc2ccc(Oc3ccccc3)cc2)o1)c1ccc(Cl)cc1. The molecule has 0 aliphatic heterocycles. The van der Waals surface area contributed by atoms with Gasteiger partial charge in [-0.1, -0.05) is 29.8 Å². The Balaban J connectivity index is 1.34. The summed E-state index contributed by atoms with van der Waals surface area (Å²) in [5, 5.41) is 0.470. The van der Waals surface area contributed by atoms with Crippen molar-refractivity contribution < 1.29 is 17.6 Å². The molecule has 32 heavy (non-hydrogen) atoms. The summed E-state index contributed by atoms with van der Waals surface area (Å²) in [7, 11) is -3.66. The molecule has 0 spiro atoms. The van der Waals surface area contributed by atoms with E-state index in [1.54, 1.807) is 18.3 Å². The molecule has 0 saturated heterocycles. The summed E-state index contributed by atoms with van der Waals surface area (Å²) in [6.45, 7) is 0.0182. The lowest BCUT2D eigenvalue weighted by molar-refractivity contribution is 0.483. The quantitative estimate of drug-likeness (QED) is 0.325. The van der Waals surface area contributed by atoms with E-state index in [1.807, 2.05) is 54.6 Å². The molecule has 0 atom stereocenters. The van der Waals surface area contributed by atoms with Crippen molar-refractivity contribution in [3.63, 3.8) is 0 Å². The average molecular weight is 467 g/mol. The monoisotopic (exact) mass is 466 g/mol. The van der Waals surface area contributed by atoms with Gasteiger partial charge in [-0.05, 0) is 72.8 Å². The van der Waals surface area contributed by atoms with Gasteiger partial charge in [0.25, 0.3) is 0 Å². The molecule has 0 saturated carbocycles. The van der Waals surface area contributed by atoms with Crippen LogP contribution in [-0.2, 0) is 16.6 Å². The van der Waals surface area contributed by atoms with Crippen molar-refractivity contribution in [2.24, 2.45) is 4.99 Å². The lowest BCUT2D eigenvalue weighted by Gasteiger charge is -2.05. The van der Waals surface area contributed by atoms with Gasteiger partial charge in [0.15, 0.2) is 0 Å². The van der Waals surface area contributed by atoms with Crippen molar-refractivity contribution >= 4 is 33.5 Å². The highest BCUT2D eigenvalue weighted by molar-refractivity contribution is 7.89. The zero-order valence-electron chi connectivity index (χ0n) is 16.8. The van der Waals surface area contributed by atoms with E-state index >= 15 is 0 Å². The van der Waals surface area contributed by atoms with Crippen molar-refractivity contribution in [1.29, 1.82) is 0 Å². The minimum absolute atomic E-state index is 0.0182. The number of benzene rings is 3. The van der Waals surface area contributed by atoms with E-state index in [4.69, 9.17) is 20.8 Å². The molecular weight excluding hydrogens is 448 g/mol. The number of para-hydroxylation sites is 1. The first-order valence-electron chi connectivity index (χ1n) is 9.69. The molecule has 1 aromatic heterocycles. The Kier molecular flexibility index (Phi) is 6.70. The molecule has 0 bridgehead atoms. The number of rotatable bonds is 8. The molecule has 0 radical (unpaired) electrons. The lowest BCUT2D eigenvalue weighted by Crippen LogP contribution is -2.22. The van der Waals surface area contributed by atoms with Crippen molar-refractivity contribution in [3.05, 3.63) is 108 Å². The third kappa shape index (κ3) is 5.85. The molecule has 8 heteroatoms. The number of hydrogen-bond donors (Lipinski definition) is 1. The fourth-order valence-electron chi connectivity index (χ4n) is 2.79. The van der Waals surface area contributed by atoms with Crippen molar-refractivity contribution in [3.8, 4) is 11.5 Å². The number of nitrogens with zero attached hydrogens (tertiary/aromatic N) is 1. The summed E-state index contributed by atoms with van der Waals surface area (Å²) >= 11 is 5.80. The average Bonchev–Trinajstić information content (AvgIpc) is 3.26. The van der Waals surface area contributed by atoms with Crippen LogP contribution < -0.4 is 9.46 Å². The number of nitrogens with one attached hydrogen (secondary N) is 1. The smallest absolute Gasteiger partial charge is 0.240 e. The maximum Gasteiger partial charge on any atom is 0.240 e. The summed E-state index contributed by atoms with van der Waals surface area (Å²) in [5.41, 5.74) is 0.729. The number of furan rings is 1. The van der Waals surface area contributed by atoms with Crippen molar-refractivity contribution in [2.45, 2.75) is 11.4 Å². The highest BCUT2D eigenvalue weighted by Gasteiger charge is 2.14. The van der Waals surface area contributed by atoms with Crippen LogP contribution in [0.5, 0.6) is 11.5 Å². The van der Waals surface area contributed by atoms with Gasteiger partial charge in [-0.3, -0.25) is 4.99 Å². The summed E-state index contributed by atoms with van der Waals surface area (Å²) < 4.78 is 38.6. The van der Waals surface area contributed by atoms with Crippen molar-refractivity contribution in [2.75, 3.05) is 0 Å². The third-order valence-corrected chi connectivity index (χ3v) is 6.07. The fraction of sp³-hybridized carbons (Fsp3) is 0.0417. The standard InChI is InChI=1S/C24H19ClN2O4S/c25-18-6-14-24(15-7-18)32(28,29)27-17-23-13-12-22(31-23)16-26-19-8-10-21(11-9-19)30-20-4-2-1-3-5-20/h1-16,27H,17H2. The molecule has 3 aromatic carbocycles. The predicted molar refractivity (Wildman–Crippen MR) is 124 cm³/mol. The van der Waals surface area contributed by atoms with Crippen molar-refractivity contribution in [1.82, 2.24) is 4.72 Å². The van der Waals surface area contributed by atoms with Gasteiger partial charge in [-0.2, -0.15) is 0 Å². The Labute approximate surface area is 191 Å². The normalized spacial score (nSPS) is 11.7. The molecule has 0 aliphatic carbocycles. The van der Waals surface area contributed by atoms with Gasteiger partial charge in [0.2, 0.25) is 10.0 Å². The van der Waals surface area contributed by atoms with Gasteiger partial charge in [0.1, 0.15) is 23.0 Å². The van der Waals surface area contributed by atoms with Gasteiger partial charge in [-0.15, -0.1) is 0 Å². The highest BCUT2D eigenvalue weighted by Crippen LogP contribution is 2.24. The first kappa shape index (κ1) is 21.8. The third-order valence-electron chi connectivity index (χ3n) is 4.40. The molecule has 162 valence electrons. The van der Waals surface area contributed by atoms with Crippen LogP contribution in [0.25, 0.3) is 0 Å². The molecule has 0 aliphatic rings. The second-order valence-corrected chi connectivity index (χ2v) is 8.95. The van der Waals surface area contributed by atoms with Gasteiger partial charge < -0.3 is 9.15 Å². The molecular formula is C24H19ClN2O4S. The number of halogens is 1. The largest absolute Gasteiger partial charge is 0.459 e. The molecule has 4 rings (SSSR count). The van der Waals surface area contributed by atoms with Crippen LogP contribution in [0.1, 0.15) is 11.5 Å². The summed E-state index contributed by atoms with van der Waals surface area (Å²) in [6, 6.07) is 26.2. The van der Waals surface area contributed by atoms with Gasteiger partial charge in [0.05, 0.1) is 23.3 Å². The minimum Gasteiger partial charge on any atom is -0.459 e. The molecule has 4 aromatic rings. The fourth-order valence-corrected chi connectivity index (χ4v) is 3.90. The summed E-state index contributed by atoms with van der Waals surface area (Å²) in [5.74, 6) is 2.45. The van der Waals surface area contributed by atoms with E-state index in [2.05, 4.69) is 9.71 Å². The van der Waals surface area contributed by atoms with Crippen LogP contribution in [0.2, 0.25) is 5.02 Å². The van der Waals surface area contributed by atoms with Crippen LogP contribution in [0.4, 0.5) is 5.69 Å². The molecule has 0 unspecified atom stereocenters. The molecule has 0 fully saturated rings. The van der Waals surface area contributed by atoms with E-state index in [0.717, 1.165) is 11.4 Å². The number of hydrogen-bond acceptors (Lipinski definition) is 5. The Morgan fingerprint density at radius 1 is 0.875 bits per heavy atom. The van der Waals surface area contributed by atoms with Gasteiger partial charge >= 0.3 is 0 Å². The summed E-state index contributed by atoms with van der Waals surface area (Å²) in [4.78, 5) is 4.51. The molecule has 6 nitrogen and oxygen atoms in total. The zero-order valence-corrected chi connectivity index (χ0v) is 18.4. The Morgan fingerprint density at radius 2 is 1.56 bits per heavy atom. The van der Waals surface area contributed by atoms with Crippen LogP contribution in [-0.4, -0.2) is 14.6 Å². The number of aliphatic imine (C=N–C) groups is 1. The van der Waals surface area contributed by atoms with E-state index in [-0.39, 0.29) is 11.4 Å². The van der Waals surface area contributed by atoms with E-state index < -0.39 is 10.0 Å². The first-order valence-corrected chi connectivity index (χ1v) is 11.5. The van der Waals surface area contributed by atoms with Crippen LogP contribution >= 0.6 is 11.6 Å². The maximum absolute atomic E-state index is 12.3. The second-order valence-electron chi connectivity index (χ2n) is 6.75. The minimum atomic E-state index is -3.66. The Hall–Kier alpha value is -3.39. The number of sulfonamides is 1. The van der Waals surface area contributed by atoms with Gasteiger partial charge in [-0.25, -0.2) is 13.1 Å². The number of ether oxygens (including phenoxy) is 1. The maximum atomic E-state index is 12.3. The topological polar surface area (TPSA) is 80.9 Å². The van der Waals surface area contributed by atoms with Crippen LogP contribution in [0.3, 0.4) is 0 Å². The van der Waals surface area contributed by atoms with E-state index in [0.29, 0.717) is 22.3 Å². The molecule has 0 amide bonds. The molecule has 1 N–H and O–H groups in total. The Bertz CT molecular complexity index is 1300. The Morgan fingerprint density at radius 3 is 2.28 bits per heavy atom. The zero-order chi connectivity index (χ0) is 22.4. The molecule has 1 heterocycles. The predicted octanol–water partition coefficient (Wildman–Crippen LogP) is 5.95. The first-order chi connectivity index (χ1) is 15.5. The highest BCUT2D eigenvalue weighted by atomic mass is 35.5. The van der Waals surface area contributed by atoms with Crippen LogP contribution in [0, 0.1) is 0 Å². The van der Waals surface area contributed by atoms with Gasteiger partial charge in [0, 0.05) is 5.02 Å². The second kappa shape index (κ2) is 9.82.